The first-order valence-electron chi connectivity index (χ1n) is 7.12. The lowest BCUT2D eigenvalue weighted by Crippen LogP contribution is -2.12. The van der Waals surface area contributed by atoms with E-state index in [2.05, 4.69) is 62.3 Å². The molecule has 116 valence electrons. The van der Waals surface area contributed by atoms with Crippen molar-refractivity contribution in [2.45, 2.75) is 40.2 Å². The number of nitriles is 1. The van der Waals surface area contributed by atoms with Gasteiger partial charge in [-0.3, -0.25) is 0 Å². The Kier molecular flexibility index (Phi) is 7.72. The van der Waals surface area contributed by atoms with Crippen molar-refractivity contribution in [2.75, 3.05) is 13.2 Å². The van der Waals surface area contributed by atoms with E-state index in [-0.39, 0.29) is 5.41 Å². The number of ether oxygens (including phenoxy) is 1. The molecule has 0 fully saturated rings. The average molecular weight is 418 g/mol. The fourth-order valence-electron chi connectivity index (χ4n) is 1.87. The summed E-state index contributed by atoms with van der Waals surface area (Å²) in [6.45, 7) is 8.38. The van der Waals surface area contributed by atoms with Crippen molar-refractivity contribution < 1.29 is 4.74 Å². The van der Waals surface area contributed by atoms with Gasteiger partial charge in [-0.1, -0.05) is 6.92 Å². The Morgan fingerprint density at radius 2 is 1.90 bits per heavy atom. The van der Waals surface area contributed by atoms with Crippen molar-refractivity contribution in [1.29, 1.82) is 5.26 Å². The van der Waals surface area contributed by atoms with Gasteiger partial charge in [-0.2, -0.15) is 5.26 Å². The molecule has 0 heterocycles. The molecular weight excluding hydrogens is 396 g/mol. The van der Waals surface area contributed by atoms with Crippen LogP contribution in [0.2, 0.25) is 0 Å². The highest BCUT2D eigenvalue weighted by atomic mass is 79.9. The van der Waals surface area contributed by atoms with E-state index < -0.39 is 0 Å². The molecular formula is C16H22Br2N2O. The Labute approximate surface area is 144 Å². The van der Waals surface area contributed by atoms with Crippen molar-refractivity contribution in [3.8, 4) is 11.8 Å². The molecule has 21 heavy (non-hydrogen) atoms. The molecule has 0 unspecified atom stereocenters. The summed E-state index contributed by atoms with van der Waals surface area (Å²) < 4.78 is 7.74. The Bertz CT molecular complexity index is 486. The maximum atomic E-state index is 8.99. The minimum atomic E-state index is -0.284. The molecule has 0 atom stereocenters. The van der Waals surface area contributed by atoms with Gasteiger partial charge in [-0.25, -0.2) is 0 Å². The van der Waals surface area contributed by atoms with Crippen LogP contribution in [0.4, 0.5) is 0 Å². The van der Waals surface area contributed by atoms with E-state index in [0.717, 1.165) is 40.6 Å². The molecule has 0 aliphatic heterocycles. The standard InChI is InChI=1S/C16H22Br2N2O/c1-4-20-10-12-8-13(17)15(14(18)9-12)21-7-5-6-16(2,3)11-19/h8-9,20H,4-7,10H2,1-3H3. The van der Waals surface area contributed by atoms with Crippen molar-refractivity contribution in [3.05, 3.63) is 26.6 Å². The molecule has 1 aromatic carbocycles. The van der Waals surface area contributed by atoms with Crippen LogP contribution in [-0.2, 0) is 6.54 Å². The second-order valence-corrected chi connectivity index (χ2v) is 7.33. The van der Waals surface area contributed by atoms with E-state index in [9.17, 15) is 0 Å². The molecule has 0 amide bonds. The molecule has 0 radical (unpaired) electrons. The van der Waals surface area contributed by atoms with Gasteiger partial charge in [0.1, 0.15) is 5.75 Å². The number of hydrogen-bond acceptors (Lipinski definition) is 3. The zero-order chi connectivity index (χ0) is 15.9. The smallest absolute Gasteiger partial charge is 0.147 e. The molecule has 0 saturated carbocycles. The predicted octanol–water partition coefficient (Wildman–Crippen LogP) is 5.03. The molecule has 0 saturated heterocycles. The quantitative estimate of drug-likeness (QED) is 0.603. The van der Waals surface area contributed by atoms with E-state index in [0.29, 0.717) is 6.61 Å². The summed E-state index contributed by atoms with van der Waals surface area (Å²) in [6.07, 6.45) is 1.69. The minimum Gasteiger partial charge on any atom is -0.491 e. The topological polar surface area (TPSA) is 45.0 Å². The number of nitrogens with one attached hydrogen (secondary N) is 1. The molecule has 1 N–H and O–H groups in total. The van der Waals surface area contributed by atoms with Crippen LogP contribution in [0.25, 0.3) is 0 Å². The predicted molar refractivity (Wildman–Crippen MR) is 93.3 cm³/mol. The lowest BCUT2D eigenvalue weighted by molar-refractivity contribution is 0.281. The van der Waals surface area contributed by atoms with Crippen LogP contribution in [0, 0.1) is 16.7 Å². The second kappa shape index (κ2) is 8.77. The van der Waals surface area contributed by atoms with Crippen molar-refractivity contribution in [2.24, 2.45) is 5.41 Å². The van der Waals surface area contributed by atoms with E-state index in [4.69, 9.17) is 10.00 Å². The number of hydrogen-bond donors (Lipinski definition) is 1. The van der Waals surface area contributed by atoms with Gasteiger partial charge in [0.05, 0.1) is 27.0 Å². The largest absolute Gasteiger partial charge is 0.491 e. The third-order valence-electron chi connectivity index (χ3n) is 3.13. The van der Waals surface area contributed by atoms with E-state index >= 15 is 0 Å². The number of halogens is 2. The fraction of sp³-hybridized carbons (Fsp3) is 0.562. The monoisotopic (exact) mass is 416 g/mol. The Balaban J connectivity index is 2.58. The number of nitrogens with zero attached hydrogens (tertiary/aromatic N) is 1. The Morgan fingerprint density at radius 1 is 1.29 bits per heavy atom. The van der Waals surface area contributed by atoms with Gasteiger partial charge in [-0.15, -0.1) is 0 Å². The van der Waals surface area contributed by atoms with Crippen LogP contribution >= 0.6 is 31.9 Å². The second-order valence-electron chi connectivity index (χ2n) is 5.62. The number of benzene rings is 1. The van der Waals surface area contributed by atoms with Crippen molar-refractivity contribution in [3.63, 3.8) is 0 Å². The third-order valence-corrected chi connectivity index (χ3v) is 4.31. The Hall–Kier alpha value is -0.570. The molecule has 1 rings (SSSR count). The van der Waals surface area contributed by atoms with Crippen LogP contribution in [0.3, 0.4) is 0 Å². The summed E-state index contributed by atoms with van der Waals surface area (Å²) in [4.78, 5) is 0. The maximum absolute atomic E-state index is 8.99. The fourth-order valence-corrected chi connectivity index (χ4v) is 3.38. The molecule has 0 aliphatic rings. The van der Waals surface area contributed by atoms with Gasteiger partial charge in [0.15, 0.2) is 0 Å². The lowest BCUT2D eigenvalue weighted by atomic mass is 9.90. The molecule has 0 spiro atoms. The van der Waals surface area contributed by atoms with Gasteiger partial charge in [0, 0.05) is 6.54 Å². The zero-order valence-electron chi connectivity index (χ0n) is 12.8. The molecule has 0 aliphatic carbocycles. The van der Waals surface area contributed by atoms with Crippen LogP contribution in [-0.4, -0.2) is 13.2 Å². The molecule has 5 heteroatoms. The molecule has 1 aromatic rings. The van der Waals surface area contributed by atoms with E-state index in [1.807, 2.05) is 13.8 Å². The molecule has 0 bridgehead atoms. The van der Waals surface area contributed by atoms with Crippen molar-refractivity contribution >= 4 is 31.9 Å². The minimum absolute atomic E-state index is 0.284. The summed E-state index contributed by atoms with van der Waals surface area (Å²) in [7, 11) is 0. The SMILES string of the molecule is CCNCc1cc(Br)c(OCCCC(C)(C)C#N)c(Br)c1. The molecule has 3 nitrogen and oxygen atoms in total. The van der Waals surface area contributed by atoms with Gasteiger partial charge >= 0.3 is 0 Å². The van der Waals surface area contributed by atoms with E-state index in [1.54, 1.807) is 0 Å². The highest BCUT2D eigenvalue weighted by molar-refractivity contribution is 9.11. The summed E-state index contributed by atoms with van der Waals surface area (Å²) >= 11 is 7.12. The normalized spacial score (nSPS) is 11.2. The zero-order valence-corrected chi connectivity index (χ0v) is 16.0. The Morgan fingerprint density at radius 3 is 2.43 bits per heavy atom. The maximum Gasteiger partial charge on any atom is 0.147 e. The van der Waals surface area contributed by atoms with Gasteiger partial charge in [-0.05, 0) is 82.8 Å². The first kappa shape index (κ1) is 18.5. The highest BCUT2D eigenvalue weighted by Gasteiger charge is 2.16. The summed E-state index contributed by atoms with van der Waals surface area (Å²) in [5, 5.41) is 12.3. The van der Waals surface area contributed by atoms with Gasteiger partial charge in [0.2, 0.25) is 0 Å². The van der Waals surface area contributed by atoms with Crippen LogP contribution in [0.5, 0.6) is 5.75 Å². The van der Waals surface area contributed by atoms with E-state index in [1.165, 1.54) is 5.56 Å². The lowest BCUT2D eigenvalue weighted by Gasteiger charge is -2.16. The van der Waals surface area contributed by atoms with Gasteiger partial charge in [0.25, 0.3) is 0 Å². The number of rotatable bonds is 8. The van der Waals surface area contributed by atoms with Crippen LogP contribution in [0.15, 0.2) is 21.1 Å². The van der Waals surface area contributed by atoms with Crippen LogP contribution < -0.4 is 10.1 Å². The first-order chi connectivity index (χ1) is 9.89. The average Bonchev–Trinajstić information content (AvgIpc) is 2.43. The summed E-state index contributed by atoms with van der Waals surface area (Å²) in [6, 6.07) is 6.45. The third kappa shape index (κ3) is 6.37. The van der Waals surface area contributed by atoms with Crippen molar-refractivity contribution in [1.82, 2.24) is 5.32 Å². The summed E-state index contributed by atoms with van der Waals surface area (Å²) in [5.74, 6) is 0.824. The van der Waals surface area contributed by atoms with Gasteiger partial charge < -0.3 is 10.1 Å². The highest BCUT2D eigenvalue weighted by Crippen LogP contribution is 2.35. The molecule has 0 aromatic heterocycles. The summed E-state index contributed by atoms with van der Waals surface area (Å²) in [5.41, 5.74) is 0.918. The van der Waals surface area contributed by atoms with Crippen LogP contribution in [0.1, 0.15) is 39.2 Å². The first-order valence-corrected chi connectivity index (χ1v) is 8.71.